The molecule has 1 heterocycles. The number of rotatable bonds is 5. The summed E-state index contributed by atoms with van der Waals surface area (Å²) in [6.07, 6.45) is 1.66. The third-order valence-corrected chi connectivity index (χ3v) is 4.58. The quantitative estimate of drug-likeness (QED) is 0.682. The lowest BCUT2D eigenvalue weighted by Crippen LogP contribution is -2.29. The third kappa shape index (κ3) is 4.66. The first-order chi connectivity index (χ1) is 12.9. The van der Waals surface area contributed by atoms with Crippen molar-refractivity contribution < 1.29 is 4.79 Å². The molecule has 0 saturated heterocycles. The molecule has 1 amide bonds. The zero-order valence-corrected chi connectivity index (χ0v) is 16.0. The number of nitrogens with zero attached hydrogens (tertiary/aromatic N) is 1. The highest BCUT2D eigenvalue weighted by Gasteiger charge is 2.13. The first-order valence-corrected chi connectivity index (χ1v) is 9.17. The highest BCUT2D eigenvalue weighted by molar-refractivity contribution is 6.30. The van der Waals surface area contributed by atoms with E-state index in [1.54, 1.807) is 24.4 Å². The number of pyridine rings is 1. The summed E-state index contributed by atoms with van der Waals surface area (Å²) in [4.78, 5) is 25.3. The molecule has 0 atom stereocenters. The summed E-state index contributed by atoms with van der Waals surface area (Å²) in [6.45, 7) is 4.57. The molecule has 0 radical (unpaired) electrons. The first-order valence-electron chi connectivity index (χ1n) is 8.79. The van der Waals surface area contributed by atoms with Crippen molar-refractivity contribution in [2.45, 2.75) is 26.3 Å². The molecular formula is C22H21ClN2O2. The van der Waals surface area contributed by atoms with Gasteiger partial charge in [-0.05, 0) is 53.4 Å². The van der Waals surface area contributed by atoms with Gasteiger partial charge in [-0.25, -0.2) is 0 Å². The van der Waals surface area contributed by atoms with Crippen LogP contribution in [0.15, 0.2) is 71.7 Å². The van der Waals surface area contributed by atoms with Crippen LogP contribution in [0.4, 0.5) is 5.69 Å². The molecule has 0 aliphatic rings. The third-order valence-electron chi connectivity index (χ3n) is 4.34. The van der Waals surface area contributed by atoms with Gasteiger partial charge in [-0.2, -0.15) is 0 Å². The van der Waals surface area contributed by atoms with Crippen LogP contribution in [0.3, 0.4) is 0 Å². The second-order valence-corrected chi connectivity index (χ2v) is 7.15. The summed E-state index contributed by atoms with van der Waals surface area (Å²) < 4.78 is 1.50. The van der Waals surface area contributed by atoms with Crippen molar-refractivity contribution >= 4 is 23.2 Å². The Bertz CT molecular complexity index is 1010. The molecule has 0 aliphatic heterocycles. The smallest absolute Gasteiger partial charge is 0.263 e. The molecule has 0 bridgehead atoms. The van der Waals surface area contributed by atoms with Gasteiger partial charge >= 0.3 is 0 Å². The van der Waals surface area contributed by atoms with Crippen molar-refractivity contribution in [3.05, 3.63) is 98.9 Å². The van der Waals surface area contributed by atoms with Crippen LogP contribution in [0.5, 0.6) is 0 Å². The zero-order valence-electron chi connectivity index (χ0n) is 15.3. The number of nitrogens with one attached hydrogen (secondary N) is 1. The van der Waals surface area contributed by atoms with Gasteiger partial charge in [-0.1, -0.05) is 49.7 Å². The van der Waals surface area contributed by atoms with Gasteiger partial charge in [-0.3, -0.25) is 9.59 Å². The number of hydrogen-bond acceptors (Lipinski definition) is 2. The molecule has 0 saturated carbocycles. The van der Waals surface area contributed by atoms with Crippen LogP contribution in [0.25, 0.3) is 0 Å². The molecule has 1 N–H and O–H groups in total. The summed E-state index contributed by atoms with van der Waals surface area (Å²) in [5.41, 5.74) is 2.51. The average molecular weight is 381 g/mol. The minimum Gasteiger partial charge on any atom is -0.322 e. The Balaban J connectivity index is 1.80. The van der Waals surface area contributed by atoms with E-state index in [1.165, 1.54) is 16.2 Å². The number of benzene rings is 2. The van der Waals surface area contributed by atoms with Crippen LogP contribution in [0.1, 0.15) is 41.3 Å². The number of hydrogen-bond donors (Lipinski definition) is 1. The van der Waals surface area contributed by atoms with Crippen LogP contribution in [-0.2, 0) is 6.54 Å². The number of aromatic nitrogens is 1. The van der Waals surface area contributed by atoms with Crippen molar-refractivity contribution in [2.24, 2.45) is 0 Å². The standard InChI is InChI=1S/C22H21ClN2O2/c1-15(2)17-8-10-19(11-9-17)24-21(26)20-7-4-12-25(22(20)27)14-16-5-3-6-18(23)13-16/h3-13,15H,14H2,1-2H3,(H,24,26). The van der Waals surface area contributed by atoms with Gasteiger partial charge in [0.1, 0.15) is 5.56 Å². The summed E-state index contributed by atoms with van der Waals surface area (Å²) in [5.74, 6) is 0.000286. The Hall–Kier alpha value is -2.85. The van der Waals surface area contributed by atoms with Crippen molar-refractivity contribution in [3.8, 4) is 0 Å². The lowest BCUT2D eigenvalue weighted by atomic mass is 10.0. The topological polar surface area (TPSA) is 51.1 Å². The van der Waals surface area contributed by atoms with Crippen molar-refractivity contribution in [1.29, 1.82) is 0 Å². The van der Waals surface area contributed by atoms with Gasteiger partial charge in [-0.15, -0.1) is 0 Å². The van der Waals surface area contributed by atoms with Crippen LogP contribution < -0.4 is 10.9 Å². The fourth-order valence-corrected chi connectivity index (χ4v) is 3.03. The van der Waals surface area contributed by atoms with E-state index in [1.807, 2.05) is 36.4 Å². The van der Waals surface area contributed by atoms with E-state index in [0.29, 0.717) is 23.2 Å². The molecule has 0 spiro atoms. The molecule has 0 unspecified atom stereocenters. The zero-order chi connectivity index (χ0) is 19.4. The lowest BCUT2D eigenvalue weighted by molar-refractivity contribution is 0.102. The van der Waals surface area contributed by atoms with Crippen molar-refractivity contribution in [3.63, 3.8) is 0 Å². The van der Waals surface area contributed by atoms with E-state index in [2.05, 4.69) is 19.2 Å². The van der Waals surface area contributed by atoms with E-state index in [0.717, 1.165) is 5.56 Å². The minimum atomic E-state index is -0.419. The van der Waals surface area contributed by atoms with Gasteiger partial charge < -0.3 is 9.88 Å². The fraction of sp³-hybridized carbons (Fsp3) is 0.182. The molecule has 2 aromatic carbocycles. The maximum Gasteiger partial charge on any atom is 0.263 e. The lowest BCUT2D eigenvalue weighted by Gasteiger charge is -2.10. The van der Waals surface area contributed by atoms with Crippen LogP contribution in [-0.4, -0.2) is 10.5 Å². The van der Waals surface area contributed by atoms with Crippen molar-refractivity contribution in [2.75, 3.05) is 5.32 Å². The Morgan fingerprint density at radius 3 is 2.48 bits per heavy atom. The number of amides is 1. The van der Waals surface area contributed by atoms with E-state index in [-0.39, 0.29) is 11.1 Å². The minimum absolute atomic E-state index is 0.104. The Kier molecular flexibility index (Phi) is 5.77. The largest absolute Gasteiger partial charge is 0.322 e. The molecule has 5 heteroatoms. The second kappa shape index (κ2) is 8.23. The van der Waals surface area contributed by atoms with E-state index >= 15 is 0 Å². The molecule has 1 aromatic heterocycles. The molecule has 3 rings (SSSR count). The Labute approximate surface area is 163 Å². The number of halogens is 1. The number of anilines is 1. The highest BCUT2D eigenvalue weighted by atomic mass is 35.5. The van der Waals surface area contributed by atoms with E-state index in [4.69, 9.17) is 11.6 Å². The molecule has 27 heavy (non-hydrogen) atoms. The number of carbonyl (C=O) groups excluding carboxylic acids is 1. The Morgan fingerprint density at radius 2 is 1.81 bits per heavy atom. The molecule has 4 nitrogen and oxygen atoms in total. The number of carbonyl (C=O) groups is 1. The SMILES string of the molecule is CC(C)c1ccc(NC(=O)c2cccn(Cc3cccc(Cl)c3)c2=O)cc1. The maximum atomic E-state index is 12.7. The van der Waals surface area contributed by atoms with Gasteiger partial charge in [0, 0.05) is 16.9 Å². The summed E-state index contributed by atoms with van der Waals surface area (Å²) in [5, 5.41) is 3.40. The maximum absolute atomic E-state index is 12.7. The average Bonchev–Trinajstić information content (AvgIpc) is 2.64. The summed E-state index contributed by atoms with van der Waals surface area (Å²) >= 11 is 6.00. The summed E-state index contributed by atoms with van der Waals surface area (Å²) in [7, 11) is 0. The predicted octanol–water partition coefficient (Wildman–Crippen LogP) is 4.93. The summed E-state index contributed by atoms with van der Waals surface area (Å²) in [6, 6.07) is 18.2. The highest BCUT2D eigenvalue weighted by Crippen LogP contribution is 2.17. The van der Waals surface area contributed by atoms with Gasteiger partial charge in [0.2, 0.25) is 0 Å². The molecule has 0 fully saturated rings. The second-order valence-electron chi connectivity index (χ2n) is 6.72. The molecule has 0 aliphatic carbocycles. The monoisotopic (exact) mass is 380 g/mol. The van der Waals surface area contributed by atoms with Crippen molar-refractivity contribution in [1.82, 2.24) is 4.57 Å². The van der Waals surface area contributed by atoms with Gasteiger partial charge in [0.25, 0.3) is 11.5 Å². The molecule has 3 aromatic rings. The van der Waals surface area contributed by atoms with Crippen LogP contribution >= 0.6 is 11.6 Å². The van der Waals surface area contributed by atoms with Gasteiger partial charge in [0.05, 0.1) is 6.54 Å². The normalized spacial score (nSPS) is 10.8. The van der Waals surface area contributed by atoms with Gasteiger partial charge in [0.15, 0.2) is 0 Å². The first kappa shape index (κ1) is 18.9. The van der Waals surface area contributed by atoms with E-state index in [9.17, 15) is 9.59 Å². The Morgan fingerprint density at radius 1 is 1.07 bits per heavy atom. The van der Waals surface area contributed by atoms with Crippen LogP contribution in [0.2, 0.25) is 5.02 Å². The fourth-order valence-electron chi connectivity index (χ4n) is 2.82. The van der Waals surface area contributed by atoms with E-state index < -0.39 is 5.91 Å². The molecular weight excluding hydrogens is 360 g/mol. The van der Waals surface area contributed by atoms with Crippen LogP contribution in [0, 0.1) is 0 Å². The molecule has 138 valence electrons. The predicted molar refractivity (Wildman–Crippen MR) is 110 cm³/mol.